The van der Waals surface area contributed by atoms with Crippen molar-refractivity contribution in [3.8, 4) is 5.75 Å². The Kier molecular flexibility index (Phi) is 4.21. The monoisotopic (exact) mass is 267 g/mol. The molecule has 6 heteroatoms. The molecule has 1 saturated heterocycles. The van der Waals surface area contributed by atoms with E-state index in [9.17, 15) is 9.59 Å². The lowest BCUT2D eigenvalue weighted by molar-refractivity contribution is -0.148. The van der Waals surface area contributed by atoms with Gasteiger partial charge in [-0.2, -0.15) is 0 Å². The zero-order valence-electron chi connectivity index (χ0n) is 10.8. The number of hydrogen-bond donors (Lipinski definition) is 1. The number of aromatic hydroxyl groups is 1. The first-order valence-corrected chi connectivity index (χ1v) is 6.24. The van der Waals surface area contributed by atoms with E-state index in [4.69, 9.17) is 14.3 Å². The molecule has 104 valence electrons. The number of carbonyl (C=O) groups is 1. The van der Waals surface area contributed by atoms with Crippen molar-refractivity contribution in [3.05, 3.63) is 28.3 Å². The van der Waals surface area contributed by atoms with E-state index in [1.54, 1.807) is 0 Å². The molecule has 1 N–H and O–H groups in total. The zero-order valence-corrected chi connectivity index (χ0v) is 10.8. The average molecular weight is 267 g/mol. The molecule has 0 bridgehead atoms. The van der Waals surface area contributed by atoms with Crippen LogP contribution in [-0.2, 0) is 16.1 Å². The van der Waals surface area contributed by atoms with Crippen LogP contribution in [-0.4, -0.2) is 35.7 Å². The summed E-state index contributed by atoms with van der Waals surface area (Å²) >= 11 is 0. The molecule has 0 aromatic carbocycles. The molecular weight excluding hydrogens is 250 g/mol. The molecule has 1 aliphatic rings. The summed E-state index contributed by atoms with van der Waals surface area (Å²) in [5.41, 5.74) is -0.479. The third-order valence-electron chi connectivity index (χ3n) is 3.31. The number of carbonyl (C=O) groups excluding carboxylic acids is 1. The molecule has 0 radical (unpaired) electrons. The standard InChI is InChI=1S/C13H17NO5/c1-18-13(17)10-4-2-3-5-14(10)7-9-6-11(15)12(16)8-19-9/h6,8,10,16H,2-5,7H2,1H3. The summed E-state index contributed by atoms with van der Waals surface area (Å²) in [6.45, 7) is 1.11. The molecule has 1 aliphatic heterocycles. The second-order valence-corrected chi connectivity index (χ2v) is 4.60. The van der Waals surface area contributed by atoms with Gasteiger partial charge in [0.2, 0.25) is 5.43 Å². The molecule has 0 aliphatic carbocycles. The Hall–Kier alpha value is -1.82. The maximum atomic E-state index is 11.7. The third-order valence-corrected chi connectivity index (χ3v) is 3.31. The highest BCUT2D eigenvalue weighted by Crippen LogP contribution is 2.20. The highest BCUT2D eigenvalue weighted by molar-refractivity contribution is 5.75. The average Bonchev–Trinajstić information content (AvgIpc) is 2.43. The van der Waals surface area contributed by atoms with Crippen LogP contribution < -0.4 is 5.43 Å². The van der Waals surface area contributed by atoms with Gasteiger partial charge in [0.25, 0.3) is 0 Å². The van der Waals surface area contributed by atoms with Crippen LogP contribution in [0.5, 0.6) is 5.75 Å². The number of likely N-dealkylation sites (tertiary alicyclic amines) is 1. The van der Waals surface area contributed by atoms with Crippen molar-refractivity contribution in [2.45, 2.75) is 31.8 Å². The quantitative estimate of drug-likeness (QED) is 0.819. The fourth-order valence-corrected chi connectivity index (χ4v) is 2.31. The van der Waals surface area contributed by atoms with Crippen LogP contribution in [0.3, 0.4) is 0 Å². The smallest absolute Gasteiger partial charge is 0.323 e. The van der Waals surface area contributed by atoms with Gasteiger partial charge in [-0.05, 0) is 19.4 Å². The Morgan fingerprint density at radius 3 is 3.05 bits per heavy atom. The summed E-state index contributed by atoms with van der Waals surface area (Å²) < 4.78 is 9.95. The van der Waals surface area contributed by atoms with Gasteiger partial charge < -0.3 is 14.3 Å². The van der Waals surface area contributed by atoms with E-state index in [-0.39, 0.29) is 12.0 Å². The predicted octanol–water partition coefficient (Wildman–Crippen LogP) is 0.873. The minimum Gasteiger partial charge on any atom is -0.502 e. The lowest BCUT2D eigenvalue weighted by Gasteiger charge is -2.33. The number of ether oxygens (including phenoxy) is 1. The number of hydrogen-bond acceptors (Lipinski definition) is 6. The van der Waals surface area contributed by atoms with Crippen LogP contribution in [0.25, 0.3) is 0 Å². The van der Waals surface area contributed by atoms with Gasteiger partial charge >= 0.3 is 5.97 Å². The van der Waals surface area contributed by atoms with E-state index in [0.717, 1.165) is 32.1 Å². The molecule has 6 nitrogen and oxygen atoms in total. The summed E-state index contributed by atoms with van der Waals surface area (Å²) in [5.74, 6) is -0.244. The fraction of sp³-hybridized carbons (Fsp3) is 0.538. The van der Waals surface area contributed by atoms with Crippen LogP contribution in [0.1, 0.15) is 25.0 Å². The molecule has 1 atom stereocenters. The number of rotatable bonds is 3. The maximum absolute atomic E-state index is 11.7. The zero-order chi connectivity index (χ0) is 13.8. The Labute approximate surface area is 110 Å². The number of esters is 1. The highest BCUT2D eigenvalue weighted by Gasteiger charge is 2.29. The summed E-state index contributed by atoms with van der Waals surface area (Å²) in [4.78, 5) is 25.0. The minimum atomic E-state index is -0.479. The molecule has 1 fully saturated rings. The fourth-order valence-electron chi connectivity index (χ4n) is 2.31. The molecule has 1 aromatic rings. The van der Waals surface area contributed by atoms with Crippen molar-refractivity contribution < 1.29 is 19.1 Å². The topological polar surface area (TPSA) is 80.0 Å². The first kappa shape index (κ1) is 13.6. The lowest BCUT2D eigenvalue weighted by atomic mass is 10.0. The van der Waals surface area contributed by atoms with E-state index < -0.39 is 11.2 Å². The van der Waals surface area contributed by atoms with Crippen molar-refractivity contribution in [1.82, 2.24) is 4.90 Å². The number of methoxy groups -OCH3 is 1. The second-order valence-electron chi connectivity index (χ2n) is 4.60. The van der Waals surface area contributed by atoms with Crippen molar-refractivity contribution in [2.24, 2.45) is 0 Å². The maximum Gasteiger partial charge on any atom is 0.323 e. The number of nitrogens with zero attached hydrogens (tertiary/aromatic N) is 1. The van der Waals surface area contributed by atoms with Crippen LogP contribution in [0.4, 0.5) is 0 Å². The van der Waals surface area contributed by atoms with Gasteiger partial charge in [0.15, 0.2) is 5.75 Å². The summed E-state index contributed by atoms with van der Waals surface area (Å²) in [6, 6.07) is 0.955. The van der Waals surface area contributed by atoms with Crippen LogP contribution in [0.15, 0.2) is 21.5 Å². The SMILES string of the molecule is COC(=O)C1CCCCN1Cc1cc(=O)c(O)co1. The van der Waals surface area contributed by atoms with E-state index in [2.05, 4.69) is 0 Å². The number of piperidine rings is 1. The first-order valence-electron chi connectivity index (χ1n) is 6.24. The molecule has 1 aromatic heterocycles. The van der Waals surface area contributed by atoms with Gasteiger partial charge in [-0.3, -0.25) is 14.5 Å². The van der Waals surface area contributed by atoms with Crippen molar-refractivity contribution in [1.29, 1.82) is 0 Å². The normalized spacial score (nSPS) is 20.2. The molecule has 2 heterocycles. The van der Waals surface area contributed by atoms with Crippen LogP contribution in [0, 0.1) is 0 Å². The van der Waals surface area contributed by atoms with E-state index >= 15 is 0 Å². The van der Waals surface area contributed by atoms with E-state index in [1.807, 2.05) is 4.90 Å². The van der Waals surface area contributed by atoms with Gasteiger partial charge in [0.05, 0.1) is 13.7 Å². The predicted molar refractivity (Wildman–Crippen MR) is 66.7 cm³/mol. The van der Waals surface area contributed by atoms with E-state index in [0.29, 0.717) is 12.3 Å². The summed E-state index contributed by atoms with van der Waals surface area (Å²) in [5, 5.41) is 9.13. The highest BCUT2D eigenvalue weighted by atomic mass is 16.5. The van der Waals surface area contributed by atoms with Gasteiger partial charge in [-0.1, -0.05) is 6.42 Å². The molecule has 0 saturated carbocycles. The second kappa shape index (κ2) is 5.88. The van der Waals surface area contributed by atoms with Crippen molar-refractivity contribution >= 4 is 5.97 Å². The minimum absolute atomic E-state index is 0.263. The summed E-state index contributed by atoms with van der Waals surface area (Å²) in [6.07, 6.45) is 3.75. The third kappa shape index (κ3) is 3.14. The molecule has 0 amide bonds. The van der Waals surface area contributed by atoms with Gasteiger partial charge in [-0.15, -0.1) is 0 Å². The molecular formula is C13H17NO5. The largest absolute Gasteiger partial charge is 0.502 e. The Bertz CT molecular complexity index is 510. The molecule has 0 spiro atoms. The van der Waals surface area contributed by atoms with Crippen molar-refractivity contribution in [2.75, 3.05) is 13.7 Å². The van der Waals surface area contributed by atoms with Gasteiger partial charge in [-0.25, -0.2) is 0 Å². The van der Waals surface area contributed by atoms with E-state index in [1.165, 1.54) is 13.2 Å². The van der Waals surface area contributed by atoms with Crippen LogP contribution >= 0.6 is 0 Å². The van der Waals surface area contributed by atoms with Crippen LogP contribution in [0.2, 0.25) is 0 Å². The Morgan fingerprint density at radius 2 is 2.37 bits per heavy atom. The first-order chi connectivity index (χ1) is 9.11. The van der Waals surface area contributed by atoms with Gasteiger partial charge in [0.1, 0.15) is 18.1 Å². The Morgan fingerprint density at radius 1 is 1.58 bits per heavy atom. The molecule has 19 heavy (non-hydrogen) atoms. The van der Waals surface area contributed by atoms with Crippen molar-refractivity contribution in [3.63, 3.8) is 0 Å². The summed E-state index contributed by atoms with van der Waals surface area (Å²) in [7, 11) is 1.37. The lowest BCUT2D eigenvalue weighted by Crippen LogP contribution is -2.44. The molecule has 1 unspecified atom stereocenters. The molecule has 2 rings (SSSR count). The van der Waals surface area contributed by atoms with Gasteiger partial charge in [0, 0.05) is 6.07 Å². The Balaban J connectivity index is 2.12.